The number of anilines is 1. The fourth-order valence-electron chi connectivity index (χ4n) is 2.10. The third-order valence-electron chi connectivity index (χ3n) is 3.08. The zero-order chi connectivity index (χ0) is 13.9. The molecule has 0 saturated carbocycles. The normalized spacial score (nSPS) is 10.9. The van der Waals surface area contributed by atoms with Crippen molar-refractivity contribution in [3.8, 4) is 0 Å². The number of aromatic nitrogens is 3. The second-order valence-electron chi connectivity index (χ2n) is 4.33. The summed E-state index contributed by atoms with van der Waals surface area (Å²) < 4.78 is 0. The molecule has 0 radical (unpaired) electrons. The molecule has 0 saturated heterocycles. The summed E-state index contributed by atoms with van der Waals surface area (Å²) in [4.78, 5) is 15.8. The lowest BCUT2D eigenvalue weighted by molar-refractivity contribution is 0.815. The van der Waals surface area contributed by atoms with Gasteiger partial charge >= 0.3 is 0 Å². The molecule has 3 heterocycles. The van der Waals surface area contributed by atoms with Crippen LogP contribution in [0, 0.1) is 0 Å². The molecule has 3 rings (SSSR count). The Hall–Kier alpha value is -1.72. The summed E-state index contributed by atoms with van der Waals surface area (Å²) in [6, 6.07) is 6.06. The molecule has 0 spiro atoms. The third kappa shape index (κ3) is 2.59. The van der Waals surface area contributed by atoms with Gasteiger partial charge in [-0.05, 0) is 47.7 Å². The Balaban J connectivity index is 2.01. The van der Waals surface area contributed by atoms with Gasteiger partial charge in [0.05, 0.1) is 5.39 Å². The number of hydrogen-bond acceptors (Lipinski definition) is 5. The summed E-state index contributed by atoms with van der Waals surface area (Å²) in [5.74, 6) is 0.889. The highest BCUT2D eigenvalue weighted by Gasteiger charge is 2.14. The Labute approximate surface area is 126 Å². The van der Waals surface area contributed by atoms with Gasteiger partial charge in [-0.15, -0.1) is 11.3 Å². The first kappa shape index (κ1) is 13.3. The van der Waals surface area contributed by atoms with E-state index in [4.69, 9.17) is 11.6 Å². The molecule has 0 unspecified atom stereocenters. The molecular formula is C14H13ClN4S. The lowest BCUT2D eigenvalue weighted by Crippen LogP contribution is -2.23. The highest BCUT2D eigenvalue weighted by Crippen LogP contribution is 2.29. The van der Waals surface area contributed by atoms with Crippen LogP contribution in [0.3, 0.4) is 0 Å². The van der Waals surface area contributed by atoms with E-state index in [1.807, 2.05) is 23.6 Å². The fraction of sp³-hybridized carbons (Fsp3) is 0.214. The monoisotopic (exact) mass is 304 g/mol. The van der Waals surface area contributed by atoms with Gasteiger partial charge in [-0.3, -0.25) is 4.98 Å². The number of fused-ring (bicyclic) bond motifs is 1. The molecule has 6 heteroatoms. The molecule has 3 aromatic rings. The van der Waals surface area contributed by atoms with Gasteiger partial charge in [-0.25, -0.2) is 4.98 Å². The minimum Gasteiger partial charge on any atom is -0.352 e. The van der Waals surface area contributed by atoms with Gasteiger partial charge in [0.2, 0.25) is 5.28 Å². The second kappa shape index (κ2) is 5.73. The first-order chi connectivity index (χ1) is 9.78. The number of hydrogen-bond donors (Lipinski definition) is 0. The topological polar surface area (TPSA) is 41.9 Å². The number of rotatable bonds is 4. The number of nitrogens with zero attached hydrogens (tertiary/aromatic N) is 4. The Morgan fingerprint density at radius 3 is 2.75 bits per heavy atom. The minimum atomic E-state index is 0.295. The first-order valence-electron chi connectivity index (χ1n) is 6.32. The van der Waals surface area contributed by atoms with Crippen molar-refractivity contribution in [2.75, 3.05) is 11.4 Å². The van der Waals surface area contributed by atoms with Crippen LogP contribution < -0.4 is 4.90 Å². The van der Waals surface area contributed by atoms with Crippen LogP contribution in [0.25, 0.3) is 10.2 Å². The molecule has 4 nitrogen and oxygen atoms in total. The van der Waals surface area contributed by atoms with Crippen LogP contribution in [-0.2, 0) is 6.54 Å². The summed E-state index contributed by atoms with van der Waals surface area (Å²) in [5, 5.41) is 3.36. The van der Waals surface area contributed by atoms with Gasteiger partial charge in [0.1, 0.15) is 10.6 Å². The molecular weight excluding hydrogens is 292 g/mol. The molecule has 20 heavy (non-hydrogen) atoms. The lowest BCUT2D eigenvalue weighted by atomic mass is 10.2. The van der Waals surface area contributed by atoms with Crippen molar-refractivity contribution < 1.29 is 0 Å². The highest BCUT2D eigenvalue weighted by atomic mass is 35.5. The average molecular weight is 305 g/mol. The quantitative estimate of drug-likeness (QED) is 0.688. The van der Waals surface area contributed by atoms with Gasteiger partial charge in [-0.1, -0.05) is 0 Å². The van der Waals surface area contributed by atoms with Crippen molar-refractivity contribution >= 4 is 39.0 Å². The summed E-state index contributed by atoms with van der Waals surface area (Å²) in [6.07, 6.45) is 3.60. The zero-order valence-corrected chi connectivity index (χ0v) is 12.5. The molecule has 0 aliphatic rings. The van der Waals surface area contributed by atoms with E-state index < -0.39 is 0 Å². The van der Waals surface area contributed by atoms with Gasteiger partial charge in [0, 0.05) is 25.5 Å². The van der Waals surface area contributed by atoms with Crippen LogP contribution in [-0.4, -0.2) is 21.5 Å². The molecule has 0 aromatic carbocycles. The van der Waals surface area contributed by atoms with Crippen molar-refractivity contribution in [3.63, 3.8) is 0 Å². The van der Waals surface area contributed by atoms with Crippen LogP contribution in [0.1, 0.15) is 12.5 Å². The van der Waals surface area contributed by atoms with E-state index >= 15 is 0 Å². The number of thiophene rings is 1. The van der Waals surface area contributed by atoms with Gasteiger partial charge in [0.15, 0.2) is 0 Å². The number of pyridine rings is 1. The Morgan fingerprint density at radius 1 is 1.20 bits per heavy atom. The SMILES string of the molecule is CCN(Cc1ccncc1)c1nc(Cl)nc2sccc12. The molecule has 0 aliphatic carbocycles. The molecule has 0 fully saturated rings. The zero-order valence-electron chi connectivity index (χ0n) is 11.0. The van der Waals surface area contributed by atoms with Crippen LogP contribution in [0.2, 0.25) is 5.28 Å². The van der Waals surface area contributed by atoms with E-state index in [2.05, 4.69) is 26.8 Å². The van der Waals surface area contributed by atoms with E-state index in [9.17, 15) is 0 Å². The summed E-state index contributed by atoms with van der Waals surface area (Å²) in [6.45, 7) is 3.73. The van der Waals surface area contributed by atoms with E-state index in [0.717, 1.165) is 29.1 Å². The van der Waals surface area contributed by atoms with Gasteiger partial charge < -0.3 is 4.90 Å². The standard InChI is InChI=1S/C14H13ClN4S/c1-2-19(9-10-3-6-16-7-4-10)12-11-5-8-20-13(11)18-14(15)17-12/h3-8H,2,9H2,1H3. The van der Waals surface area contributed by atoms with E-state index in [1.54, 1.807) is 23.7 Å². The Morgan fingerprint density at radius 2 is 2.00 bits per heavy atom. The molecule has 0 atom stereocenters. The van der Waals surface area contributed by atoms with Gasteiger partial charge in [0.25, 0.3) is 0 Å². The van der Waals surface area contributed by atoms with Crippen LogP contribution in [0.4, 0.5) is 5.82 Å². The predicted molar refractivity (Wildman–Crippen MR) is 83.4 cm³/mol. The van der Waals surface area contributed by atoms with Gasteiger partial charge in [-0.2, -0.15) is 4.98 Å². The van der Waals surface area contributed by atoms with E-state index in [1.165, 1.54) is 5.56 Å². The first-order valence-corrected chi connectivity index (χ1v) is 7.58. The maximum absolute atomic E-state index is 6.03. The fourth-order valence-corrected chi connectivity index (χ4v) is 3.07. The Kier molecular flexibility index (Phi) is 3.80. The lowest BCUT2D eigenvalue weighted by Gasteiger charge is -2.22. The maximum atomic E-state index is 6.03. The summed E-state index contributed by atoms with van der Waals surface area (Å²) in [5.41, 5.74) is 1.19. The Bertz CT molecular complexity index is 714. The van der Waals surface area contributed by atoms with E-state index in [0.29, 0.717) is 5.28 Å². The molecule has 0 bridgehead atoms. The largest absolute Gasteiger partial charge is 0.352 e. The molecule has 0 aliphatic heterocycles. The third-order valence-corrected chi connectivity index (χ3v) is 4.06. The number of halogens is 1. The van der Waals surface area contributed by atoms with Crippen molar-refractivity contribution in [1.29, 1.82) is 0 Å². The highest BCUT2D eigenvalue weighted by molar-refractivity contribution is 7.16. The minimum absolute atomic E-state index is 0.295. The molecule has 0 N–H and O–H groups in total. The van der Waals surface area contributed by atoms with Crippen LogP contribution in [0.5, 0.6) is 0 Å². The van der Waals surface area contributed by atoms with Crippen LogP contribution >= 0.6 is 22.9 Å². The average Bonchev–Trinajstić information content (AvgIpc) is 2.93. The van der Waals surface area contributed by atoms with Crippen molar-refractivity contribution in [2.24, 2.45) is 0 Å². The predicted octanol–water partition coefficient (Wildman–Crippen LogP) is 3.77. The van der Waals surface area contributed by atoms with Crippen molar-refractivity contribution in [2.45, 2.75) is 13.5 Å². The summed E-state index contributed by atoms with van der Waals surface area (Å²) in [7, 11) is 0. The smallest absolute Gasteiger partial charge is 0.225 e. The second-order valence-corrected chi connectivity index (χ2v) is 5.56. The summed E-state index contributed by atoms with van der Waals surface area (Å²) >= 11 is 7.61. The van der Waals surface area contributed by atoms with Crippen molar-refractivity contribution in [3.05, 3.63) is 46.8 Å². The molecule has 3 aromatic heterocycles. The molecule has 0 amide bonds. The maximum Gasteiger partial charge on any atom is 0.225 e. The van der Waals surface area contributed by atoms with Crippen LogP contribution in [0.15, 0.2) is 36.0 Å². The molecule has 102 valence electrons. The van der Waals surface area contributed by atoms with E-state index in [-0.39, 0.29) is 0 Å². The van der Waals surface area contributed by atoms with Crippen molar-refractivity contribution in [1.82, 2.24) is 15.0 Å².